The Kier molecular flexibility index (Phi) is 5.90. The van der Waals surface area contributed by atoms with E-state index < -0.39 is 23.5 Å². The van der Waals surface area contributed by atoms with Crippen molar-refractivity contribution in [3.8, 4) is 5.75 Å². The highest BCUT2D eigenvalue weighted by molar-refractivity contribution is 6.31. The molecule has 3 aromatic rings. The molecule has 0 fully saturated rings. The van der Waals surface area contributed by atoms with E-state index in [1.807, 2.05) is 19.0 Å². The van der Waals surface area contributed by atoms with Crippen LogP contribution in [0.3, 0.4) is 0 Å². The summed E-state index contributed by atoms with van der Waals surface area (Å²) in [5, 5.41) is 11.7. The molecule has 0 saturated heterocycles. The molecular weight excluding hydrogens is 434 g/mol. The maximum absolute atomic E-state index is 13.5. The van der Waals surface area contributed by atoms with Crippen LogP contribution in [0.4, 0.5) is 0 Å². The van der Waals surface area contributed by atoms with E-state index in [9.17, 15) is 14.7 Å². The lowest BCUT2D eigenvalue weighted by Crippen LogP contribution is -2.36. The number of ketones is 1. The topological polar surface area (TPSA) is 96.1 Å². The van der Waals surface area contributed by atoms with Gasteiger partial charge in [0.1, 0.15) is 0 Å². The predicted octanol–water partition coefficient (Wildman–Crippen LogP) is 3.63. The van der Waals surface area contributed by atoms with Crippen LogP contribution in [0.15, 0.2) is 58.5 Å². The van der Waals surface area contributed by atoms with E-state index in [-0.39, 0.29) is 11.3 Å². The van der Waals surface area contributed by atoms with E-state index in [1.54, 1.807) is 36.7 Å². The fraction of sp³-hybridized carbons (Fsp3) is 0.261. The smallest absolute Gasteiger partial charge is 0.290 e. The molecule has 166 valence electrons. The standard InChI is InChI=1S/C23H22ClN3O5/c1-26(2)7-8-27-19(13-5-4-6-25-12-13)18(21(29)23(27)30)20(28)16-10-14-9-15(24)11-17(31-3)22(14)32-16/h4-6,9-12,19,29H,7-8H2,1-3H3. The van der Waals surface area contributed by atoms with Gasteiger partial charge in [-0.1, -0.05) is 17.7 Å². The summed E-state index contributed by atoms with van der Waals surface area (Å²) in [5.41, 5.74) is 0.918. The van der Waals surface area contributed by atoms with E-state index in [1.165, 1.54) is 18.1 Å². The number of hydrogen-bond donors (Lipinski definition) is 1. The summed E-state index contributed by atoms with van der Waals surface area (Å²) in [4.78, 5) is 34.0. The van der Waals surface area contributed by atoms with Crippen molar-refractivity contribution in [1.82, 2.24) is 14.8 Å². The molecule has 2 aromatic heterocycles. The lowest BCUT2D eigenvalue weighted by Gasteiger charge is -2.27. The summed E-state index contributed by atoms with van der Waals surface area (Å²) in [5.74, 6) is -1.44. The monoisotopic (exact) mass is 455 g/mol. The number of rotatable bonds is 7. The SMILES string of the molecule is COc1cc(Cl)cc2cc(C(=O)C3=C(O)C(=O)N(CCN(C)C)C3c3cccnc3)oc12. The Balaban J connectivity index is 1.80. The third-order valence-electron chi connectivity index (χ3n) is 5.33. The molecule has 0 radical (unpaired) electrons. The Hall–Kier alpha value is -3.36. The Bertz CT molecular complexity index is 1220. The van der Waals surface area contributed by atoms with E-state index >= 15 is 0 Å². The molecule has 1 unspecified atom stereocenters. The first-order valence-corrected chi connectivity index (χ1v) is 10.3. The minimum Gasteiger partial charge on any atom is -0.503 e. The van der Waals surface area contributed by atoms with E-state index in [2.05, 4.69) is 4.98 Å². The fourth-order valence-corrected chi connectivity index (χ4v) is 4.01. The molecule has 1 N–H and O–H groups in total. The number of ether oxygens (including phenoxy) is 1. The molecule has 1 aliphatic heterocycles. The fourth-order valence-electron chi connectivity index (χ4n) is 3.79. The van der Waals surface area contributed by atoms with Crippen LogP contribution in [-0.2, 0) is 4.79 Å². The number of aliphatic hydroxyl groups is 1. The molecule has 1 atom stereocenters. The third kappa shape index (κ3) is 3.83. The molecule has 0 aliphatic carbocycles. The second kappa shape index (κ2) is 8.64. The highest BCUT2D eigenvalue weighted by atomic mass is 35.5. The van der Waals surface area contributed by atoms with Gasteiger partial charge in [0.05, 0.1) is 18.7 Å². The zero-order valence-corrected chi connectivity index (χ0v) is 18.6. The summed E-state index contributed by atoms with van der Waals surface area (Å²) in [6.07, 6.45) is 3.18. The Morgan fingerprint density at radius 3 is 2.78 bits per heavy atom. The lowest BCUT2D eigenvalue weighted by molar-refractivity contribution is -0.129. The number of aromatic nitrogens is 1. The van der Waals surface area contributed by atoms with Crippen LogP contribution in [0, 0.1) is 0 Å². The summed E-state index contributed by atoms with van der Waals surface area (Å²) < 4.78 is 11.1. The molecule has 0 bridgehead atoms. The number of hydrogen-bond acceptors (Lipinski definition) is 7. The van der Waals surface area contributed by atoms with Gasteiger partial charge in [0.25, 0.3) is 5.91 Å². The number of aliphatic hydroxyl groups excluding tert-OH is 1. The van der Waals surface area contributed by atoms with Gasteiger partial charge in [0.15, 0.2) is 22.9 Å². The van der Waals surface area contributed by atoms with Crippen LogP contribution in [0.5, 0.6) is 5.75 Å². The lowest BCUT2D eigenvalue weighted by atomic mass is 9.96. The van der Waals surface area contributed by atoms with E-state index in [0.717, 1.165) is 0 Å². The van der Waals surface area contributed by atoms with Crippen molar-refractivity contribution in [2.45, 2.75) is 6.04 Å². The minimum absolute atomic E-state index is 0.0294. The van der Waals surface area contributed by atoms with Crippen molar-refractivity contribution in [2.75, 3.05) is 34.3 Å². The number of likely N-dealkylation sites (N-methyl/N-ethyl adjacent to an activating group) is 1. The van der Waals surface area contributed by atoms with Gasteiger partial charge in [-0.15, -0.1) is 0 Å². The second-order valence-electron chi connectivity index (χ2n) is 7.72. The Morgan fingerprint density at radius 2 is 2.12 bits per heavy atom. The molecule has 9 heteroatoms. The predicted molar refractivity (Wildman–Crippen MR) is 119 cm³/mol. The minimum atomic E-state index is -0.789. The molecule has 1 amide bonds. The van der Waals surface area contributed by atoms with Gasteiger partial charge in [0, 0.05) is 42.0 Å². The molecule has 3 heterocycles. The molecule has 8 nitrogen and oxygen atoms in total. The summed E-state index contributed by atoms with van der Waals surface area (Å²) in [7, 11) is 5.23. The molecule has 4 rings (SSSR count). The van der Waals surface area contributed by atoms with Gasteiger partial charge in [0.2, 0.25) is 5.78 Å². The molecule has 32 heavy (non-hydrogen) atoms. The number of halogens is 1. The second-order valence-corrected chi connectivity index (χ2v) is 8.16. The highest BCUT2D eigenvalue weighted by Crippen LogP contribution is 2.40. The van der Waals surface area contributed by atoms with Crippen LogP contribution < -0.4 is 4.74 Å². The zero-order valence-electron chi connectivity index (χ0n) is 17.8. The number of carbonyl (C=O) groups is 2. The first kappa shape index (κ1) is 21.9. The quantitative estimate of drug-likeness (QED) is 0.543. The van der Waals surface area contributed by atoms with E-state index in [4.69, 9.17) is 20.8 Å². The van der Waals surface area contributed by atoms with Crippen molar-refractivity contribution in [3.05, 3.63) is 70.4 Å². The average Bonchev–Trinajstić information content (AvgIpc) is 3.31. The zero-order chi connectivity index (χ0) is 23.0. The number of furan rings is 1. The number of fused-ring (bicyclic) bond motifs is 1. The van der Waals surface area contributed by atoms with Crippen LogP contribution in [-0.4, -0.2) is 65.9 Å². The summed E-state index contributed by atoms with van der Waals surface area (Å²) in [6.45, 7) is 0.868. The van der Waals surface area contributed by atoms with Gasteiger partial charge in [-0.2, -0.15) is 0 Å². The maximum Gasteiger partial charge on any atom is 0.290 e. The summed E-state index contributed by atoms with van der Waals surface area (Å²) >= 11 is 6.13. The van der Waals surface area contributed by atoms with E-state index in [0.29, 0.717) is 40.4 Å². The normalized spacial score (nSPS) is 16.5. The van der Waals surface area contributed by atoms with Crippen LogP contribution in [0.25, 0.3) is 11.0 Å². The van der Waals surface area contributed by atoms with Crippen molar-refractivity contribution in [1.29, 1.82) is 0 Å². The van der Waals surface area contributed by atoms with Crippen LogP contribution in [0.1, 0.15) is 22.2 Å². The maximum atomic E-state index is 13.5. The Labute approximate surface area is 189 Å². The van der Waals surface area contributed by atoms with Crippen molar-refractivity contribution >= 4 is 34.3 Å². The molecule has 0 saturated carbocycles. The molecule has 0 spiro atoms. The number of Topliss-reactive ketones (excluding diaryl/α,β-unsaturated/α-hetero) is 1. The van der Waals surface area contributed by atoms with Crippen molar-refractivity contribution < 1.29 is 23.8 Å². The molecule has 1 aromatic carbocycles. The number of methoxy groups -OCH3 is 1. The van der Waals surface area contributed by atoms with Gasteiger partial charge in [-0.3, -0.25) is 14.6 Å². The number of carbonyl (C=O) groups excluding carboxylic acids is 2. The van der Waals surface area contributed by atoms with Gasteiger partial charge >= 0.3 is 0 Å². The van der Waals surface area contributed by atoms with Gasteiger partial charge in [-0.25, -0.2) is 0 Å². The van der Waals surface area contributed by atoms with Crippen molar-refractivity contribution in [3.63, 3.8) is 0 Å². The molecular formula is C23H22ClN3O5. The van der Waals surface area contributed by atoms with Gasteiger partial charge < -0.3 is 24.1 Å². The number of nitrogens with zero attached hydrogens (tertiary/aromatic N) is 3. The largest absolute Gasteiger partial charge is 0.503 e. The number of benzene rings is 1. The molecule has 1 aliphatic rings. The van der Waals surface area contributed by atoms with Gasteiger partial charge in [-0.05, 0) is 37.9 Å². The summed E-state index contributed by atoms with van der Waals surface area (Å²) in [6, 6.07) is 7.45. The third-order valence-corrected chi connectivity index (χ3v) is 5.55. The van der Waals surface area contributed by atoms with Crippen molar-refractivity contribution in [2.24, 2.45) is 0 Å². The Morgan fingerprint density at radius 1 is 1.34 bits per heavy atom. The first-order chi connectivity index (χ1) is 15.3. The average molecular weight is 456 g/mol. The van der Waals surface area contributed by atoms with Crippen LogP contribution >= 0.6 is 11.6 Å². The van der Waals surface area contributed by atoms with Crippen LogP contribution in [0.2, 0.25) is 5.02 Å². The first-order valence-electron chi connectivity index (χ1n) is 9.92. The number of amides is 1. The highest BCUT2D eigenvalue weighted by Gasteiger charge is 2.44. The number of pyridine rings is 1.